The van der Waals surface area contributed by atoms with Gasteiger partial charge in [-0.2, -0.15) is 0 Å². The molecule has 2 heterocycles. The van der Waals surface area contributed by atoms with Crippen LogP contribution >= 0.6 is 0 Å². The number of rotatable bonds is 10. The number of hydrogen-bond acceptors (Lipinski definition) is 4. The molecule has 1 aromatic carbocycles. The number of hydrogen-bond donors (Lipinski definition) is 2. The number of ether oxygens (including phenoxy) is 2. The third kappa shape index (κ3) is 7.89. The maximum Gasteiger partial charge on any atom is 0.191 e. The highest BCUT2D eigenvalue weighted by atomic mass is 16.5. The molecule has 1 atom stereocenters. The second-order valence-corrected chi connectivity index (χ2v) is 8.74. The van der Waals surface area contributed by atoms with Gasteiger partial charge in [0, 0.05) is 45.8 Å². The van der Waals surface area contributed by atoms with Gasteiger partial charge in [-0.25, -0.2) is 0 Å². The van der Waals surface area contributed by atoms with Crippen LogP contribution in [0, 0.1) is 11.8 Å². The average Bonchev–Trinajstić information content (AvgIpc) is 3.29. The second-order valence-electron chi connectivity index (χ2n) is 8.74. The maximum atomic E-state index is 5.77. The van der Waals surface area contributed by atoms with Gasteiger partial charge in [0.25, 0.3) is 0 Å². The predicted molar refractivity (Wildman–Crippen MR) is 123 cm³/mol. The standard InChI is InChI=1S/C24H40N4O2/c1-20-8-12-28(13-9-20)17-23-7-4-3-6-22(23)16-27-24(25-2)26-11-5-14-29-18-21-10-15-30-19-21/h3-4,6-7,20-21H,5,8-19H2,1-2H3,(H2,25,26,27). The van der Waals surface area contributed by atoms with Crippen molar-refractivity contribution in [2.75, 3.05) is 53.1 Å². The molecule has 1 aromatic rings. The molecule has 0 radical (unpaired) electrons. The van der Waals surface area contributed by atoms with Crippen LogP contribution in [0.1, 0.15) is 43.7 Å². The first-order chi connectivity index (χ1) is 14.7. The fourth-order valence-electron chi connectivity index (χ4n) is 4.09. The number of benzene rings is 1. The molecule has 0 spiro atoms. The molecule has 2 fully saturated rings. The Morgan fingerprint density at radius 1 is 1.17 bits per heavy atom. The lowest BCUT2D eigenvalue weighted by Crippen LogP contribution is -2.38. The van der Waals surface area contributed by atoms with Crippen LogP contribution in [0.3, 0.4) is 0 Å². The zero-order valence-corrected chi connectivity index (χ0v) is 18.9. The van der Waals surface area contributed by atoms with Gasteiger partial charge >= 0.3 is 0 Å². The van der Waals surface area contributed by atoms with E-state index in [1.165, 1.54) is 37.1 Å². The number of piperidine rings is 1. The van der Waals surface area contributed by atoms with Crippen LogP contribution in [0.15, 0.2) is 29.3 Å². The molecule has 2 aliphatic rings. The summed E-state index contributed by atoms with van der Waals surface area (Å²) in [6.45, 7) is 10.8. The van der Waals surface area contributed by atoms with Crippen LogP contribution in [0.25, 0.3) is 0 Å². The minimum Gasteiger partial charge on any atom is -0.381 e. The topological polar surface area (TPSA) is 58.1 Å². The molecule has 168 valence electrons. The summed E-state index contributed by atoms with van der Waals surface area (Å²) in [5, 5.41) is 6.87. The van der Waals surface area contributed by atoms with E-state index < -0.39 is 0 Å². The summed E-state index contributed by atoms with van der Waals surface area (Å²) < 4.78 is 11.2. The molecule has 1 unspecified atom stereocenters. The Labute approximate surface area is 182 Å². The SMILES string of the molecule is CN=C(NCCCOCC1CCOC1)NCc1ccccc1CN1CCC(C)CC1. The minimum absolute atomic E-state index is 0.584. The summed E-state index contributed by atoms with van der Waals surface area (Å²) in [7, 11) is 1.83. The lowest BCUT2D eigenvalue weighted by Gasteiger charge is -2.30. The molecule has 6 nitrogen and oxygen atoms in total. The fourth-order valence-corrected chi connectivity index (χ4v) is 4.09. The molecule has 3 rings (SSSR count). The van der Waals surface area contributed by atoms with Gasteiger partial charge in [-0.3, -0.25) is 9.89 Å². The van der Waals surface area contributed by atoms with E-state index in [2.05, 4.69) is 51.7 Å². The summed E-state index contributed by atoms with van der Waals surface area (Å²) in [5.74, 6) is 2.30. The van der Waals surface area contributed by atoms with Gasteiger partial charge in [0.1, 0.15) is 0 Å². The molecule has 2 saturated heterocycles. The van der Waals surface area contributed by atoms with Crippen molar-refractivity contribution in [3.05, 3.63) is 35.4 Å². The molecular weight excluding hydrogens is 376 g/mol. The van der Waals surface area contributed by atoms with E-state index in [4.69, 9.17) is 9.47 Å². The van der Waals surface area contributed by atoms with Crippen molar-refractivity contribution in [3.63, 3.8) is 0 Å². The molecular formula is C24H40N4O2. The highest BCUT2D eigenvalue weighted by Crippen LogP contribution is 2.19. The summed E-state index contributed by atoms with van der Waals surface area (Å²) in [6, 6.07) is 8.76. The molecule has 0 bridgehead atoms. The van der Waals surface area contributed by atoms with Crippen molar-refractivity contribution < 1.29 is 9.47 Å². The Kier molecular flexibility index (Phi) is 9.93. The fraction of sp³-hybridized carbons (Fsp3) is 0.708. The molecule has 0 aliphatic carbocycles. The van der Waals surface area contributed by atoms with Crippen LogP contribution in [0.5, 0.6) is 0 Å². The Balaban J connectivity index is 1.35. The van der Waals surface area contributed by atoms with Gasteiger partial charge < -0.3 is 20.1 Å². The average molecular weight is 417 g/mol. The number of aliphatic imine (C=N–C) groups is 1. The van der Waals surface area contributed by atoms with E-state index in [-0.39, 0.29) is 0 Å². The Hall–Kier alpha value is -1.63. The van der Waals surface area contributed by atoms with E-state index in [0.29, 0.717) is 5.92 Å². The number of guanidine groups is 1. The Morgan fingerprint density at radius 2 is 1.97 bits per heavy atom. The number of nitrogens with zero attached hydrogens (tertiary/aromatic N) is 2. The quantitative estimate of drug-likeness (QED) is 0.349. The molecule has 0 amide bonds. The van der Waals surface area contributed by atoms with Crippen molar-refractivity contribution >= 4 is 5.96 Å². The summed E-state index contributed by atoms with van der Waals surface area (Å²) in [5.41, 5.74) is 2.76. The highest BCUT2D eigenvalue weighted by Gasteiger charge is 2.17. The smallest absolute Gasteiger partial charge is 0.191 e. The van der Waals surface area contributed by atoms with Crippen molar-refractivity contribution in [3.8, 4) is 0 Å². The number of likely N-dealkylation sites (tertiary alicyclic amines) is 1. The maximum absolute atomic E-state index is 5.77. The first kappa shape index (κ1) is 23.0. The highest BCUT2D eigenvalue weighted by molar-refractivity contribution is 5.79. The third-order valence-corrected chi connectivity index (χ3v) is 6.19. The van der Waals surface area contributed by atoms with E-state index in [0.717, 1.165) is 70.8 Å². The lowest BCUT2D eigenvalue weighted by atomic mass is 9.98. The third-order valence-electron chi connectivity index (χ3n) is 6.19. The Morgan fingerprint density at radius 3 is 2.70 bits per heavy atom. The van der Waals surface area contributed by atoms with Crippen molar-refractivity contribution in [2.45, 2.75) is 45.7 Å². The van der Waals surface area contributed by atoms with Crippen LogP contribution in [-0.2, 0) is 22.6 Å². The van der Waals surface area contributed by atoms with E-state index >= 15 is 0 Å². The van der Waals surface area contributed by atoms with Gasteiger partial charge in [-0.1, -0.05) is 31.2 Å². The molecule has 2 aliphatic heterocycles. The molecule has 6 heteroatoms. The van der Waals surface area contributed by atoms with Crippen molar-refractivity contribution in [1.82, 2.24) is 15.5 Å². The van der Waals surface area contributed by atoms with Gasteiger partial charge in [-0.15, -0.1) is 0 Å². The van der Waals surface area contributed by atoms with Crippen LogP contribution in [0.4, 0.5) is 0 Å². The van der Waals surface area contributed by atoms with Crippen LogP contribution in [-0.4, -0.2) is 64.0 Å². The van der Waals surface area contributed by atoms with E-state index in [1.807, 2.05) is 7.05 Å². The monoisotopic (exact) mass is 416 g/mol. The van der Waals surface area contributed by atoms with Gasteiger partial charge in [0.05, 0.1) is 13.2 Å². The van der Waals surface area contributed by atoms with Crippen LogP contribution in [0.2, 0.25) is 0 Å². The minimum atomic E-state index is 0.584. The van der Waals surface area contributed by atoms with E-state index in [1.54, 1.807) is 0 Å². The zero-order valence-electron chi connectivity index (χ0n) is 18.9. The van der Waals surface area contributed by atoms with Gasteiger partial charge in [0.2, 0.25) is 0 Å². The predicted octanol–water partition coefficient (Wildman–Crippen LogP) is 3.03. The molecule has 30 heavy (non-hydrogen) atoms. The van der Waals surface area contributed by atoms with Crippen molar-refractivity contribution in [2.24, 2.45) is 16.8 Å². The van der Waals surface area contributed by atoms with Gasteiger partial charge in [0.15, 0.2) is 5.96 Å². The van der Waals surface area contributed by atoms with Crippen molar-refractivity contribution in [1.29, 1.82) is 0 Å². The molecule has 0 aromatic heterocycles. The largest absolute Gasteiger partial charge is 0.381 e. The Bertz CT molecular complexity index is 638. The molecule has 2 N–H and O–H groups in total. The normalized spacial score (nSPS) is 21.1. The summed E-state index contributed by atoms with van der Waals surface area (Å²) >= 11 is 0. The van der Waals surface area contributed by atoms with Crippen LogP contribution < -0.4 is 10.6 Å². The second kappa shape index (κ2) is 12.9. The summed E-state index contributed by atoms with van der Waals surface area (Å²) in [6.07, 6.45) is 4.73. The van der Waals surface area contributed by atoms with E-state index in [9.17, 15) is 0 Å². The summed E-state index contributed by atoms with van der Waals surface area (Å²) in [4.78, 5) is 6.95. The number of nitrogens with one attached hydrogen (secondary N) is 2. The zero-order chi connectivity index (χ0) is 21.0. The first-order valence-corrected chi connectivity index (χ1v) is 11.6. The first-order valence-electron chi connectivity index (χ1n) is 11.6. The molecule has 0 saturated carbocycles. The lowest BCUT2D eigenvalue weighted by molar-refractivity contribution is 0.0888. The van der Waals surface area contributed by atoms with Gasteiger partial charge in [-0.05, 0) is 55.8 Å².